The minimum atomic E-state index is -0.544. The lowest BCUT2D eigenvalue weighted by Gasteiger charge is -2.20. The Balaban J connectivity index is 1.58. The number of nitrogens with zero attached hydrogens (tertiary/aromatic N) is 2. The van der Waals surface area contributed by atoms with Gasteiger partial charge in [-0.1, -0.05) is 12.8 Å². The highest BCUT2D eigenvalue weighted by atomic mass is 16.5. The molecule has 1 aromatic heterocycles. The Bertz CT molecular complexity index is 981. The molecular formula is C23H26N2O4. The summed E-state index contributed by atoms with van der Waals surface area (Å²) in [4.78, 5) is 39.6. The van der Waals surface area contributed by atoms with Crippen LogP contribution in [0.1, 0.15) is 53.8 Å². The average molecular weight is 394 g/mol. The average Bonchev–Trinajstić information content (AvgIpc) is 3.36. The lowest BCUT2D eigenvalue weighted by molar-refractivity contribution is -0.140. The molecule has 0 bridgehead atoms. The predicted octanol–water partition coefficient (Wildman–Crippen LogP) is 3.60. The van der Waals surface area contributed by atoms with Gasteiger partial charge in [-0.25, -0.2) is 0 Å². The number of aromatic nitrogens is 1. The number of imide groups is 1. The third-order valence-corrected chi connectivity index (χ3v) is 6.41. The summed E-state index contributed by atoms with van der Waals surface area (Å²) in [5.41, 5.74) is 2.65. The molecule has 0 radical (unpaired) electrons. The van der Waals surface area contributed by atoms with Gasteiger partial charge >= 0.3 is 0 Å². The van der Waals surface area contributed by atoms with Gasteiger partial charge in [0.15, 0.2) is 5.78 Å². The summed E-state index contributed by atoms with van der Waals surface area (Å²) in [5.74, 6) is 0.195. The number of carbonyl (C=O) groups excluding carboxylic acids is 3. The number of amides is 2. The quantitative estimate of drug-likeness (QED) is 0.574. The third kappa shape index (κ3) is 3.16. The van der Waals surface area contributed by atoms with Crippen LogP contribution in [0.2, 0.25) is 0 Å². The van der Waals surface area contributed by atoms with Crippen molar-refractivity contribution in [3.05, 3.63) is 47.3 Å². The number of benzene rings is 1. The van der Waals surface area contributed by atoms with Gasteiger partial charge in [0.05, 0.1) is 19.1 Å². The zero-order valence-corrected chi connectivity index (χ0v) is 17.2. The Morgan fingerprint density at radius 3 is 2.38 bits per heavy atom. The van der Waals surface area contributed by atoms with Crippen molar-refractivity contribution in [2.75, 3.05) is 13.7 Å². The standard InChI is InChI=1S/C23H26N2O4/c1-15-12-19(16(2)25(15)17-6-8-18(29-3)9-7-17)20(26)14-24-21(27)13-23(22(24)28)10-4-5-11-23/h6-9,12H,4-5,10-11,13-14H2,1-3H3. The van der Waals surface area contributed by atoms with E-state index in [4.69, 9.17) is 4.74 Å². The second-order valence-electron chi connectivity index (χ2n) is 8.19. The Kier molecular flexibility index (Phi) is 4.81. The molecule has 1 aliphatic carbocycles. The van der Waals surface area contributed by atoms with Crippen LogP contribution in [-0.2, 0) is 9.59 Å². The topological polar surface area (TPSA) is 68.6 Å². The van der Waals surface area contributed by atoms with Crippen molar-refractivity contribution in [2.24, 2.45) is 5.41 Å². The van der Waals surface area contributed by atoms with Gasteiger partial charge in [-0.15, -0.1) is 0 Å². The molecule has 2 aromatic rings. The van der Waals surface area contributed by atoms with Crippen molar-refractivity contribution < 1.29 is 19.1 Å². The van der Waals surface area contributed by atoms with Crippen molar-refractivity contribution >= 4 is 17.6 Å². The summed E-state index contributed by atoms with van der Waals surface area (Å²) in [6.07, 6.45) is 3.72. The molecular weight excluding hydrogens is 368 g/mol. The summed E-state index contributed by atoms with van der Waals surface area (Å²) in [6.45, 7) is 3.65. The van der Waals surface area contributed by atoms with E-state index in [0.29, 0.717) is 5.56 Å². The summed E-state index contributed by atoms with van der Waals surface area (Å²) in [5, 5.41) is 0. The molecule has 1 saturated heterocycles. The number of methoxy groups -OCH3 is 1. The van der Waals surface area contributed by atoms with Gasteiger partial charge in [0, 0.05) is 29.1 Å². The SMILES string of the molecule is COc1ccc(-n2c(C)cc(C(=O)CN3C(=O)CC4(CCCC4)C3=O)c2C)cc1. The summed E-state index contributed by atoms with van der Waals surface area (Å²) < 4.78 is 7.21. The van der Waals surface area contributed by atoms with Crippen LogP contribution in [-0.4, -0.2) is 40.7 Å². The second kappa shape index (κ2) is 7.17. The number of likely N-dealkylation sites (tertiary alicyclic amines) is 1. The van der Waals surface area contributed by atoms with Crippen LogP contribution >= 0.6 is 0 Å². The molecule has 1 saturated carbocycles. The molecule has 1 aliphatic heterocycles. The molecule has 4 rings (SSSR count). The molecule has 2 amide bonds. The van der Waals surface area contributed by atoms with E-state index in [9.17, 15) is 14.4 Å². The lowest BCUT2D eigenvalue weighted by atomic mass is 9.84. The van der Waals surface area contributed by atoms with E-state index in [-0.39, 0.29) is 30.6 Å². The highest BCUT2D eigenvalue weighted by Crippen LogP contribution is 2.46. The largest absolute Gasteiger partial charge is 0.497 e. The summed E-state index contributed by atoms with van der Waals surface area (Å²) in [6, 6.07) is 9.45. The highest BCUT2D eigenvalue weighted by molar-refractivity contribution is 6.10. The minimum Gasteiger partial charge on any atom is -0.497 e. The molecule has 6 nitrogen and oxygen atoms in total. The normalized spacial score (nSPS) is 18.1. The van der Waals surface area contributed by atoms with Gasteiger partial charge in [0.25, 0.3) is 0 Å². The van der Waals surface area contributed by atoms with E-state index in [1.807, 2.05) is 48.7 Å². The van der Waals surface area contributed by atoms with Crippen molar-refractivity contribution in [3.8, 4) is 11.4 Å². The first kappa shape index (κ1) is 19.4. The number of hydrogen-bond acceptors (Lipinski definition) is 4. The Hall–Kier alpha value is -2.89. The number of aryl methyl sites for hydroxylation is 1. The van der Waals surface area contributed by atoms with Crippen LogP contribution in [0.25, 0.3) is 5.69 Å². The third-order valence-electron chi connectivity index (χ3n) is 6.41. The van der Waals surface area contributed by atoms with Crippen molar-refractivity contribution in [3.63, 3.8) is 0 Å². The highest BCUT2D eigenvalue weighted by Gasteiger charge is 2.52. The molecule has 152 valence electrons. The fourth-order valence-electron chi connectivity index (χ4n) is 4.86. The molecule has 0 unspecified atom stereocenters. The van der Waals surface area contributed by atoms with Gasteiger partial charge in [0.1, 0.15) is 5.75 Å². The van der Waals surface area contributed by atoms with Gasteiger partial charge in [-0.05, 0) is 57.0 Å². The second-order valence-corrected chi connectivity index (χ2v) is 8.19. The monoisotopic (exact) mass is 394 g/mol. The minimum absolute atomic E-state index is 0.155. The van der Waals surface area contributed by atoms with Crippen molar-refractivity contribution in [1.29, 1.82) is 0 Å². The fraction of sp³-hybridized carbons (Fsp3) is 0.435. The van der Waals surface area contributed by atoms with E-state index >= 15 is 0 Å². The maximum atomic E-state index is 13.0. The van der Waals surface area contributed by atoms with Crippen molar-refractivity contribution in [1.82, 2.24) is 9.47 Å². The number of rotatable bonds is 5. The zero-order valence-electron chi connectivity index (χ0n) is 17.2. The van der Waals surface area contributed by atoms with E-state index in [1.165, 1.54) is 4.90 Å². The van der Waals surface area contributed by atoms with Crippen LogP contribution in [0.4, 0.5) is 0 Å². The van der Waals surface area contributed by atoms with Crippen LogP contribution < -0.4 is 4.74 Å². The molecule has 2 fully saturated rings. The molecule has 2 aliphatic rings. The van der Waals surface area contributed by atoms with Crippen LogP contribution in [0, 0.1) is 19.3 Å². The first-order valence-electron chi connectivity index (χ1n) is 10.1. The number of carbonyl (C=O) groups is 3. The molecule has 6 heteroatoms. The Labute approximate surface area is 170 Å². The Morgan fingerprint density at radius 2 is 1.76 bits per heavy atom. The molecule has 1 aromatic carbocycles. The molecule has 0 N–H and O–H groups in total. The molecule has 29 heavy (non-hydrogen) atoms. The van der Waals surface area contributed by atoms with Gasteiger partial charge < -0.3 is 9.30 Å². The maximum absolute atomic E-state index is 13.0. The summed E-state index contributed by atoms with van der Waals surface area (Å²) in [7, 11) is 1.62. The Morgan fingerprint density at radius 1 is 1.10 bits per heavy atom. The van der Waals surface area contributed by atoms with Gasteiger partial charge in [0.2, 0.25) is 11.8 Å². The first-order chi connectivity index (χ1) is 13.9. The van der Waals surface area contributed by atoms with Gasteiger partial charge in [-0.3, -0.25) is 19.3 Å². The number of hydrogen-bond donors (Lipinski definition) is 0. The van der Waals surface area contributed by atoms with E-state index in [2.05, 4.69) is 0 Å². The molecule has 0 atom stereocenters. The van der Waals surface area contributed by atoms with Crippen molar-refractivity contribution in [2.45, 2.75) is 46.0 Å². The van der Waals surface area contributed by atoms with E-state index < -0.39 is 5.41 Å². The van der Waals surface area contributed by atoms with E-state index in [0.717, 1.165) is 48.5 Å². The zero-order chi connectivity index (χ0) is 20.8. The summed E-state index contributed by atoms with van der Waals surface area (Å²) >= 11 is 0. The number of Topliss-reactive ketones (excluding diaryl/α,β-unsaturated/α-hetero) is 1. The predicted molar refractivity (Wildman–Crippen MR) is 108 cm³/mol. The lowest BCUT2D eigenvalue weighted by Crippen LogP contribution is -2.38. The van der Waals surface area contributed by atoms with Crippen LogP contribution in [0.5, 0.6) is 5.75 Å². The number of ether oxygens (including phenoxy) is 1. The van der Waals surface area contributed by atoms with Crippen LogP contribution in [0.15, 0.2) is 30.3 Å². The molecule has 2 heterocycles. The first-order valence-corrected chi connectivity index (χ1v) is 10.1. The molecule has 1 spiro atoms. The number of ketones is 1. The van der Waals surface area contributed by atoms with Gasteiger partial charge in [-0.2, -0.15) is 0 Å². The van der Waals surface area contributed by atoms with E-state index in [1.54, 1.807) is 7.11 Å². The van der Waals surface area contributed by atoms with Crippen LogP contribution in [0.3, 0.4) is 0 Å². The maximum Gasteiger partial charge on any atom is 0.236 e. The fourth-order valence-corrected chi connectivity index (χ4v) is 4.86. The smallest absolute Gasteiger partial charge is 0.236 e.